The summed E-state index contributed by atoms with van der Waals surface area (Å²) in [7, 11) is 0. The standard InChI is InChI=1S/C19H23N5O2S/c1-3-15-20-19-24(21-15)18(26)17(27-19)16(14-7-5-4-6-8-14)23-11-9-22(10-12-23)13(2)25/h4-8,16,26H,3,9-12H2,1-2H3/t16-/m1/s1. The van der Waals surface area contributed by atoms with Crippen LogP contribution in [0.15, 0.2) is 30.3 Å². The molecule has 4 rings (SSSR count). The Morgan fingerprint density at radius 3 is 2.52 bits per heavy atom. The summed E-state index contributed by atoms with van der Waals surface area (Å²) < 4.78 is 1.54. The SMILES string of the molecule is CCc1nc2sc([C@@H](c3ccccc3)N3CCN(C(C)=O)CC3)c(O)n2n1. The van der Waals surface area contributed by atoms with E-state index in [0.29, 0.717) is 18.1 Å². The number of fused-ring (bicyclic) bond motifs is 1. The van der Waals surface area contributed by atoms with Gasteiger partial charge in [-0.05, 0) is 5.56 Å². The maximum absolute atomic E-state index is 11.7. The second-order valence-corrected chi connectivity index (χ2v) is 7.73. The number of hydrogen-bond acceptors (Lipinski definition) is 6. The fraction of sp³-hybridized carbons (Fsp3) is 0.421. The van der Waals surface area contributed by atoms with Crippen molar-refractivity contribution in [3.63, 3.8) is 0 Å². The third-order valence-corrected chi connectivity index (χ3v) is 6.12. The van der Waals surface area contributed by atoms with Gasteiger partial charge in [0.1, 0.15) is 0 Å². The molecule has 2 aromatic heterocycles. The number of aryl methyl sites for hydroxylation is 1. The Labute approximate surface area is 161 Å². The van der Waals surface area contributed by atoms with Gasteiger partial charge in [0, 0.05) is 39.5 Å². The summed E-state index contributed by atoms with van der Waals surface area (Å²) in [5.41, 5.74) is 1.12. The van der Waals surface area contributed by atoms with Gasteiger partial charge in [-0.2, -0.15) is 4.52 Å². The van der Waals surface area contributed by atoms with Crippen LogP contribution in [0, 0.1) is 0 Å². The normalized spacial score (nSPS) is 16.7. The maximum atomic E-state index is 11.7. The number of amides is 1. The van der Waals surface area contributed by atoms with Gasteiger partial charge in [0.05, 0.1) is 10.9 Å². The van der Waals surface area contributed by atoms with E-state index in [4.69, 9.17) is 0 Å². The van der Waals surface area contributed by atoms with Crippen LogP contribution in [0.4, 0.5) is 0 Å². The molecule has 0 unspecified atom stereocenters. The van der Waals surface area contributed by atoms with Gasteiger partial charge in [0.2, 0.25) is 16.7 Å². The Bertz CT molecular complexity index is 944. The zero-order valence-electron chi connectivity index (χ0n) is 15.5. The molecule has 0 bridgehead atoms. The largest absolute Gasteiger partial charge is 0.492 e. The van der Waals surface area contributed by atoms with E-state index in [2.05, 4.69) is 27.1 Å². The first-order valence-electron chi connectivity index (χ1n) is 9.20. The number of aromatic nitrogens is 3. The summed E-state index contributed by atoms with van der Waals surface area (Å²) in [6, 6.07) is 10.1. The van der Waals surface area contributed by atoms with Crippen molar-refractivity contribution in [2.45, 2.75) is 26.3 Å². The predicted octanol–water partition coefficient (Wildman–Crippen LogP) is 2.31. The third kappa shape index (κ3) is 3.30. The molecule has 142 valence electrons. The van der Waals surface area contributed by atoms with Gasteiger partial charge < -0.3 is 10.0 Å². The molecule has 1 aliphatic heterocycles. The van der Waals surface area contributed by atoms with Crippen molar-refractivity contribution in [2.75, 3.05) is 26.2 Å². The second kappa shape index (κ2) is 7.28. The molecular formula is C19H23N5O2S. The van der Waals surface area contributed by atoms with Crippen LogP contribution in [0.3, 0.4) is 0 Å². The average molecular weight is 385 g/mol. The monoisotopic (exact) mass is 385 g/mol. The van der Waals surface area contributed by atoms with Gasteiger partial charge in [-0.3, -0.25) is 9.69 Å². The van der Waals surface area contributed by atoms with E-state index < -0.39 is 0 Å². The third-order valence-electron chi connectivity index (χ3n) is 5.05. The predicted molar refractivity (Wildman–Crippen MR) is 104 cm³/mol. The van der Waals surface area contributed by atoms with Crippen LogP contribution in [-0.2, 0) is 11.2 Å². The molecule has 0 radical (unpaired) electrons. The first-order valence-corrected chi connectivity index (χ1v) is 10.0. The zero-order valence-corrected chi connectivity index (χ0v) is 16.3. The van der Waals surface area contributed by atoms with E-state index >= 15 is 0 Å². The molecule has 0 saturated carbocycles. The quantitative estimate of drug-likeness (QED) is 0.746. The van der Waals surface area contributed by atoms with Crippen molar-refractivity contribution in [1.82, 2.24) is 24.4 Å². The molecule has 1 atom stereocenters. The van der Waals surface area contributed by atoms with Crippen molar-refractivity contribution in [2.24, 2.45) is 0 Å². The highest BCUT2D eigenvalue weighted by Crippen LogP contribution is 2.40. The maximum Gasteiger partial charge on any atom is 0.230 e. The Balaban J connectivity index is 1.72. The summed E-state index contributed by atoms with van der Waals surface area (Å²) in [4.78, 5) is 21.9. The van der Waals surface area contributed by atoms with Crippen LogP contribution in [0.1, 0.15) is 36.2 Å². The van der Waals surface area contributed by atoms with Crippen molar-refractivity contribution in [3.05, 3.63) is 46.6 Å². The van der Waals surface area contributed by atoms with Gasteiger partial charge >= 0.3 is 0 Å². The minimum Gasteiger partial charge on any atom is -0.492 e. The van der Waals surface area contributed by atoms with Crippen molar-refractivity contribution in [3.8, 4) is 5.88 Å². The topological polar surface area (TPSA) is 74.0 Å². The van der Waals surface area contributed by atoms with Crippen LogP contribution < -0.4 is 0 Å². The van der Waals surface area contributed by atoms with Crippen LogP contribution >= 0.6 is 11.3 Å². The number of nitrogens with zero attached hydrogens (tertiary/aromatic N) is 5. The number of benzene rings is 1. The molecule has 3 heterocycles. The Morgan fingerprint density at radius 2 is 1.93 bits per heavy atom. The van der Waals surface area contributed by atoms with E-state index in [1.54, 1.807) is 11.4 Å². The van der Waals surface area contributed by atoms with Crippen LogP contribution in [0.2, 0.25) is 0 Å². The van der Waals surface area contributed by atoms with E-state index in [1.165, 1.54) is 11.3 Å². The summed E-state index contributed by atoms with van der Waals surface area (Å²) in [6.07, 6.45) is 0.734. The molecule has 1 saturated heterocycles. The van der Waals surface area contributed by atoms with Gasteiger partial charge in [-0.25, -0.2) is 4.98 Å². The first kappa shape index (κ1) is 17.9. The molecule has 1 amide bonds. The lowest BCUT2D eigenvalue weighted by Crippen LogP contribution is -2.49. The molecule has 0 aliphatic carbocycles. The van der Waals surface area contributed by atoms with Crippen LogP contribution in [0.25, 0.3) is 4.96 Å². The molecule has 7 nitrogen and oxygen atoms in total. The van der Waals surface area contributed by atoms with Gasteiger partial charge in [-0.15, -0.1) is 5.10 Å². The lowest BCUT2D eigenvalue weighted by molar-refractivity contribution is -0.130. The minimum absolute atomic E-state index is 0.0844. The number of carbonyl (C=O) groups excluding carboxylic acids is 1. The number of hydrogen-bond donors (Lipinski definition) is 1. The van der Waals surface area contributed by atoms with E-state index in [0.717, 1.165) is 35.8 Å². The Morgan fingerprint density at radius 1 is 1.22 bits per heavy atom. The molecule has 8 heteroatoms. The minimum atomic E-state index is -0.0844. The summed E-state index contributed by atoms with van der Waals surface area (Å²) in [5.74, 6) is 0.999. The number of carbonyl (C=O) groups is 1. The molecule has 1 N–H and O–H groups in total. The number of rotatable bonds is 4. The lowest BCUT2D eigenvalue weighted by atomic mass is 10.0. The summed E-state index contributed by atoms with van der Waals surface area (Å²) >= 11 is 1.48. The van der Waals surface area contributed by atoms with E-state index in [-0.39, 0.29) is 17.8 Å². The first-order chi connectivity index (χ1) is 13.1. The van der Waals surface area contributed by atoms with Crippen LogP contribution in [0.5, 0.6) is 5.88 Å². The number of piperazine rings is 1. The number of aromatic hydroxyl groups is 1. The zero-order chi connectivity index (χ0) is 19.0. The van der Waals surface area contributed by atoms with Crippen molar-refractivity contribution in [1.29, 1.82) is 0 Å². The van der Waals surface area contributed by atoms with Crippen LogP contribution in [-0.4, -0.2) is 61.6 Å². The van der Waals surface area contributed by atoms with Gasteiger partial charge in [-0.1, -0.05) is 48.6 Å². The molecule has 1 fully saturated rings. The van der Waals surface area contributed by atoms with Gasteiger partial charge in [0.15, 0.2) is 5.82 Å². The second-order valence-electron chi connectivity index (χ2n) is 6.72. The lowest BCUT2D eigenvalue weighted by Gasteiger charge is -2.38. The Hall–Kier alpha value is -2.45. The van der Waals surface area contributed by atoms with E-state index in [1.807, 2.05) is 30.0 Å². The molecule has 3 aromatic rings. The molecular weight excluding hydrogens is 362 g/mol. The molecule has 27 heavy (non-hydrogen) atoms. The van der Waals surface area contributed by atoms with Crippen molar-refractivity contribution < 1.29 is 9.90 Å². The Kier molecular flexibility index (Phi) is 4.84. The molecule has 1 aromatic carbocycles. The highest BCUT2D eigenvalue weighted by atomic mass is 32.1. The molecule has 1 aliphatic rings. The highest BCUT2D eigenvalue weighted by molar-refractivity contribution is 7.17. The fourth-order valence-corrected chi connectivity index (χ4v) is 4.71. The summed E-state index contributed by atoms with van der Waals surface area (Å²) in [5, 5.41) is 15.3. The number of thiazole rings is 1. The summed E-state index contributed by atoms with van der Waals surface area (Å²) in [6.45, 7) is 6.51. The smallest absolute Gasteiger partial charge is 0.230 e. The highest BCUT2D eigenvalue weighted by Gasteiger charge is 2.32. The molecule has 0 spiro atoms. The van der Waals surface area contributed by atoms with Crippen molar-refractivity contribution >= 4 is 22.2 Å². The average Bonchev–Trinajstić information content (AvgIpc) is 3.23. The van der Waals surface area contributed by atoms with E-state index in [9.17, 15) is 9.90 Å². The van der Waals surface area contributed by atoms with Gasteiger partial charge in [0.25, 0.3) is 0 Å². The fourth-order valence-electron chi connectivity index (χ4n) is 3.58.